The molecule has 11 heavy (non-hydrogen) atoms. The molecule has 0 saturated heterocycles. The van der Waals surface area contributed by atoms with Crippen molar-refractivity contribution in [3.05, 3.63) is 0 Å². The predicted molar refractivity (Wildman–Crippen MR) is 41.8 cm³/mol. The van der Waals surface area contributed by atoms with Crippen LogP contribution in [0.3, 0.4) is 0 Å². The molecule has 4 radical (unpaired) electrons. The summed E-state index contributed by atoms with van der Waals surface area (Å²) in [6.07, 6.45) is -0.470. The molecule has 4 nitrogen and oxygen atoms in total. The molecule has 2 atom stereocenters. The highest BCUT2D eigenvalue weighted by Crippen LogP contribution is 2.20. The lowest BCUT2D eigenvalue weighted by atomic mass is 10.0. The molecule has 1 unspecified atom stereocenters. The number of aliphatic hydroxyl groups is 1. The van der Waals surface area contributed by atoms with Gasteiger partial charge < -0.3 is 9.84 Å². The van der Waals surface area contributed by atoms with Gasteiger partial charge in [-0.1, -0.05) is 6.32 Å². The summed E-state index contributed by atoms with van der Waals surface area (Å²) in [7, 11) is 7.76. The topological polar surface area (TPSA) is 55.8 Å². The van der Waals surface area contributed by atoms with E-state index in [0.29, 0.717) is 0 Å². The van der Waals surface area contributed by atoms with Gasteiger partial charge in [0.1, 0.15) is 0 Å². The van der Waals surface area contributed by atoms with Crippen LogP contribution in [-0.2, 0) is 13.7 Å². The minimum Gasteiger partial charge on any atom is -0.394 e. The Labute approximate surface area is 69.0 Å². The number of ether oxygens (including phenoxy) is 1. The van der Waals surface area contributed by atoms with Gasteiger partial charge in [0.15, 0.2) is 0 Å². The lowest BCUT2D eigenvalue weighted by molar-refractivity contribution is 0.0492. The Kier molecular flexibility index (Phi) is 6.87. The highest BCUT2D eigenvalue weighted by Gasteiger charge is 2.16. The van der Waals surface area contributed by atoms with Crippen LogP contribution >= 0.6 is 8.03 Å². The van der Waals surface area contributed by atoms with E-state index in [-0.39, 0.29) is 19.3 Å². The Balaban J connectivity index is 3.42. The normalized spacial score (nSPS) is 14.5. The second-order valence-corrected chi connectivity index (χ2v) is 2.91. The highest BCUT2D eigenvalue weighted by molar-refractivity contribution is 7.39. The van der Waals surface area contributed by atoms with Crippen LogP contribution in [-0.4, -0.2) is 40.1 Å². The van der Waals surface area contributed by atoms with Crippen molar-refractivity contribution >= 4 is 23.9 Å². The molecule has 0 amide bonds. The Bertz CT molecular complexity index is 119. The molecule has 0 bridgehead atoms. The second kappa shape index (κ2) is 6.80. The van der Waals surface area contributed by atoms with Crippen molar-refractivity contribution in [1.29, 1.82) is 0 Å². The van der Waals surface area contributed by atoms with Crippen molar-refractivity contribution in [3.63, 3.8) is 0 Å². The molecule has 0 aromatic rings. The lowest BCUT2D eigenvalue weighted by Crippen LogP contribution is -2.16. The molecule has 0 aromatic heterocycles. The first-order chi connectivity index (χ1) is 5.24. The van der Waals surface area contributed by atoms with E-state index in [4.69, 9.17) is 17.7 Å². The SMILES string of the molecule is [B]C[C@@H](CO)OC[P+](=O)O[B]. The molecule has 0 aromatic carbocycles. The van der Waals surface area contributed by atoms with Crippen molar-refractivity contribution in [2.45, 2.75) is 12.4 Å². The van der Waals surface area contributed by atoms with E-state index in [1.165, 1.54) is 0 Å². The molecule has 58 valence electrons. The summed E-state index contributed by atoms with van der Waals surface area (Å²) in [5.74, 6) is 0. The molecule has 0 aliphatic rings. The Morgan fingerprint density at radius 3 is 2.64 bits per heavy atom. The van der Waals surface area contributed by atoms with Gasteiger partial charge in [0.25, 0.3) is 6.35 Å². The zero-order valence-electron chi connectivity index (χ0n) is 5.97. The van der Waals surface area contributed by atoms with E-state index in [2.05, 4.69) is 12.5 Å². The minimum atomic E-state index is -1.98. The third-order valence-corrected chi connectivity index (χ3v) is 1.59. The van der Waals surface area contributed by atoms with E-state index >= 15 is 0 Å². The summed E-state index contributed by atoms with van der Waals surface area (Å²) >= 11 is 0. The fourth-order valence-electron chi connectivity index (χ4n) is 0.392. The van der Waals surface area contributed by atoms with Gasteiger partial charge in [-0.2, -0.15) is 0 Å². The Morgan fingerprint density at radius 2 is 2.27 bits per heavy atom. The molecular formula is C4H8B2O4P+. The summed E-state index contributed by atoms with van der Waals surface area (Å²) in [6, 6.07) is 0. The first kappa shape index (κ1) is 11.1. The van der Waals surface area contributed by atoms with Crippen LogP contribution < -0.4 is 0 Å². The van der Waals surface area contributed by atoms with Crippen LogP contribution in [0.1, 0.15) is 0 Å². The maximum absolute atomic E-state index is 10.5. The summed E-state index contributed by atoms with van der Waals surface area (Å²) in [5, 5.41) is 8.54. The molecule has 0 fully saturated rings. The predicted octanol–water partition coefficient (Wildman–Crippen LogP) is -0.249. The molecule has 0 spiro atoms. The molecule has 0 aliphatic carbocycles. The fourth-order valence-corrected chi connectivity index (χ4v) is 0.785. The van der Waals surface area contributed by atoms with Gasteiger partial charge in [0, 0.05) is 0 Å². The van der Waals surface area contributed by atoms with Gasteiger partial charge in [0.05, 0.1) is 20.6 Å². The standard InChI is InChI=1S/C4H8B2O4P/c5-1-4(2-7)9-3-11(8)10-6/h4,7H,1-3H2/q+1/t4-/m0/s1. The monoisotopic (exact) mass is 173 g/mol. The van der Waals surface area contributed by atoms with Crippen molar-refractivity contribution < 1.29 is 18.8 Å². The maximum Gasteiger partial charge on any atom is 0.519 e. The summed E-state index contributed by atoms with van der Waals surface area (Å²) in [4.78, 5) is 0. The second-order valence-electron chi connectivity index (χ2n) is 1.77. The number of hydrogen-bond donors (Lipinski definition) is 1. The first-order valence-electron chi connectivity index (χ1n) is 2.98. The molecular weight excluding hydrogens is 165 g/mol. The van der Waals surface area contributed by atoms with E-state index in [1.54, 1.807) is 0 Å². The van der Waals surface area contributed by atoms with Crippen LogP contribution in [0.25, 0.3) is 0 Å². The molecule has 0 saturated carbocycles. The quantitative estimate of drug-likeness (QED) is 0.444. The number of aliphatic hydroxyl groups excluding tert-OH is 1. The van der Waals surface area contributed by atoms with Crippen molar-refractivity contribution in [2.24, 2.45) is 0 Å². The average molecular weight is 173 g/mol. The van der Waals surface area contributed by atoms with Gasteiger partial charge in [-0.25, -0.2) is 4.44 Å². The molecule has 0 heterocycles. The third-order valence-electron chi connectivity index (χ3n) is 1.000. The average Bonchev–Trinajstić information content (AvgIpc) is 2.06. The van der Waals surface area contributed by atoms with Gasteiger partial charge >= 0.3 is 16.1 Å². The van der Waals surface area contributed by atoms with E-state index in [9.17, 15) is 4.57 Å². The van der Waals surface area contributed by atoms with Crippen molar-refractivity contribution in [3.8, 4) is 0 Å². The van der Waals surface area contributed by atoms with E-state index in [1.807, 2.05) is 0 Å². The van der Waals surface area contributed by atoms with Crippen molar-refractivity contribution in [2.75, 3.05) is 13.0 Å². The van der Waals surface area contributed by atoms with Crippen molar-refractivity contribution in [1.82, 2.24) is 0 Å². The number of rotatable bonds is 6. The van der Waals surface area contributed by atoms with Crippen LogP contribution in [0, 0.1) is 0 Å². The highest BCUT2D eigenvalue weighted by atomic mass is 31.1. The molecule has 1 N–H and O–H groups in total. The van der Waals surface area contributed by atoms with Crippen LogP contribution in [0.5, 0.6) is 0 Å². The van der Waals surface area contributed by atoms with Crippen LogP contribution in [0.4, 0.5) is 0 Å². The molecule has 0 aliphatic heterocycles. The summed E-state index contributed by atoms with van der Waals surface area (Å²) < 4.78 is 19.3. The van der Waals surface area contributed by atoms with Crippen LogP contribution in [0.2, 0.25) is 6.32 Å². The lowest BCUT2D eigenvalue weighted by Gasteiger charge is -2.07. The Morgan fingerprint density at radius 1 is 1.64 bits per heavy atom. The minimum absolute atomic E-state index is 0.145. The van der Waals surface area contributed by atoms with E-state index in [0.717, 1.165) is 0 Å². The summed E-state index contributed by atoms with van der Waals surface area (Å²) in [5.41, 5.74) is 0. The summed E-state index contributed by atoms with van der Waals surface area (Å²) in [6.45, 7) is -0.204. The molecule has 0 rings (SSSR count). The fraction of sp³-hybridized carbons (Fsp3) is 1.00. The largest absolute Gasteiger partial charge is 0.519 e. The zero-order chi connectivity index (χ0) is 8.69. The number of hydrogen-bond acceptors (Lipinski definition) is 4. The van der Waals surface area contributed by atoms with E-state index < -0.39 is 14.1 Å². The van der Waals surface area contributed by atoms with Crippen LogP contribution in [0.15, 0.2) is 0 Å². The molecule has 7 heteroatoms. The smallest absolute Gasteiger partial charge is 0.394 e. The maximum atomic E-state index is 10.5. The third kappa shape index (κ3) is 5.39. The zero-order valence-corrected chi connectivity index (χ0v) is 6.87. The van der Waals surface area contributed by atoms with Gasteiger partial charge in [-0.05, 0) is 4.57 Å². The van der Waals surface area contributed by atoms with Gasteiger partial charge in [0.2, 0.25) is 0 Å². The van der Waals surface area contributed by atoms with Gasteiger partial charge in [-0.3, -0.25) is 0 Å². The first-order valence-corrected chi connectivity index (χ1v) is 4.35. The Hall–Kier alpha value is 0.110. The van der Waals surface area contributed by atoms with Gasteiger partial charge in [-0.15, -0.1) is 0 Å².